The van der Waals surface area contributed by atoms with Crippen LogP contribution in [0.5, 0.6) is 5.75 Å². The Bertz CT molecular complexity index is 874. The van der Waals surface area contributed by atoms with Gasteiger partial charge in [0.2, 0.25) is 0 Å². The van der Waals surface area contributed by atoms with Gasteiger partial charge in [0.05, 0.1) is 18.2 Å². The topological polar surface area (TPSA) is 87.1 Å². The molecular weight excluding hydrogens is 358 g/mol. The van der Waals surface area contributed by atoms with E-state index >= 15 is 0 Å². The summed E-state index contributed by atoms with van der Waals surface area (Å²) >= 11 is 0. The minimum atomic E-state index is -0.724. The van der Waals surface area contributed by atoms with E-state index < -0.39 is 17.7 Å². The summed E-state index contributed by atoms with van der Waals surface area (Å²) in [6.45, 7) is 2.53. The van der Waals surface area contributed by atoms with Crippen LogP contribution in [0.2, 0.25) is 0 Å². The number of aliphatic hydroxyl groups is 2. The summed E-state index contributed by atoms with van der Waals surface area (Å²) in [5, 5.41) is 20.1. The smallest absolute Gasteiger partial charge is 0.295 e. The van der Waals surface area contributed by atoms with Crippen LogP contribution in [0.25, 0.3) is 5.76 Å². The van der Waals surface area contributed by atoms with E-state index in [2.05, 4.69) is 0 Å². The summed E-state index contributed by atoms with van der Waals surface area (Å²) in [6, 6.07) is 15.1. The Morgan fingerprint density at radius 3 is 2.36 bits per heavy atom. The highest BCUT2D eigenvalue weighted by Gasteiger charge is 2.45. The molecule has 1 aliphatic rings. The minimum Gasteiger partial charge on any atom is -0.507 e. The van der Waals surface area contributed by atoms with Crippen molar-refractivity contribution in [1.82, 2.24) is 4.90 Å². The third-order valence-corrected chi connectivity index (χ3v) is 4.65. The molecule has 2 aromatic carbocycles. The molecule has 3 rings (SSSR count). The lowest BCUT2D eigenvalue weighted by Crippen LogP contribution is -2.31. The number of aliphatic hydroxyl groups excluding tert-OH is 2. The second-order valence-corrected chi connectivity index (χ2v) is 6.44. The Morgan fingerprint density at radius 1 is 1.07 bits per heavy atom. The van der Waals surface area contributed by atoms with E-state index in [0.717, 1.165) is 5.56 Å². The van der Waals surface area contributed by atoms with E-state index in [4.69, 9.17) is 9.84 Å². The van der Waals surface area contributed by atoms with Gasteiger partial charge in [-0.15, -0.1) is 0 Å². The van der Waals surface area contributed by atoms with Crippen LogP contribution in [0.4, 0.5) is 0 Å². The molecule has 0 unspecified atom stereocenters. The lowest BCUT2D eigenvalue weighted by molar-refractivity contribution is -0.140. The predicted octanol–water partition coefficient (Wildman–Crippen LogP) is 2.89. The van der Waals surface area contributed by atoms with E-state index in [1.165, 1.54) is 4.90 Å². The first-order chi connectivity index (χ1) is 13.6. The minimum absolute atomic E-state index is 0.0540. The fourth-order valence-corrected chi connectivity index (χ4v) is 3.36. The Labute approximate surface area is 163 Å². The summed E-state index contributed by atoms with van der Waals surface area (Å²) in [5.74, 6) is -0.961. The number of Topliss-reactive ketones (excluding diaryl/α,β-unsaturated/α-hetero) is 1. The van der Waals surface area contributed by atoms with Crippen molar-refractivity contribution in [2.75, 3.05) is 19.8 Å². The first-order valence-electron chi connectivity index (χ1n) is 9.26. The van der Waals surface area contributed by atoms with Gasteiger partial charge >= 0.3 is 0 Å². The third kappa shape index (κ3) is 3.77. The van der Waals surface area contributed by atoms with Gasteiger partial charge < -0.3 is 19.8 Å². The van der Waals surface area contributed by atoms with Crippen molar-refractivity contribution in [3.8, 4) is 5.75 Å². The molecule has 2 aromatic rings. The number of carbonyl (C=O) groups is 2. The maximum atomic E-state index is 12.8. The Morgan fingerprint density at radius 2 is 1.75 bits per heavy atom. The Kier molecular flexibility index (Phi) is 6.11. The molecule has 6 heteroatoms. The van der Waals surface area contributed by atoms with Gasteiger partial charge in [-0.1, -0.05) is 30.3 Å². The highest BCUT2D eigenvalue weighted by molar-refractivity contribution is 6.46. The van der Waals surface area contributed by atoms with Gasteiger partial charge in [0.1, 0.15) is 11.5 Å². The molecule has 28 heavy (non-hydrogen) atoms. The summed E-state index contributed by atoms with van der Waals surface area (Å²) in [4.78, 5) is 26.8. The molecule has 2 N–H and O–H groups in total. The van der Waals surface area contributed by atoms with Crippen molar-refractivity contribution in [3.63, 3.8) is 0 Å². The number of ether oxygens (including phenoxy) is 1. The highest BCUT2D eigenvalue weighted by Crippen LogP contribution is 2.39. The second-order valence-electron chi connectivity index (χ2n) is 6.44. The molecule has 146 valence electrons. The number of rotatable bonds is 7. The Balaban J connectivity index is 2.08. The normalized spacial score (nSPS) is 18.5. The number of likely N-dealkylation sites (tertiary alicyclic amines) is 1. The van der Waals surface area contributed by atoms with Crippen LogP contribution < -0.4 is 4.74 Å². The van der Waals surface area contributed by atoms with Crippen LogP contribution in [0.1, 0.15) is 30.5 Å². The fraction of sp³-hybridized carbons (Fsp3) is 0.273. The third-order valence-electron chi connectivity index (χ3n) is 4.65. The number of nitrogens with zero attached hydrogens (tertiary/aromatic N) is 1. The lowest BCUT2D eigenvalue weighted by Gasteiger charge is -2.25. The molecule has 0 radical (unpaired) electrons. The average molecular weight is 381 g/mol. The molecule has 1 heterocycles. The molecule has 0 aliphatic carbocycles. The van der Waals surface area contributed by atoms with Gasteiger partial charge in [-0.3, -0.25) is 9.59 Å². The highest BCUT2D eigenvalue weighted by atomic mass is 16.5. The largest absolute Gasteiger partial charge is 0.507 e. The van der Waals surface area contributed by atoms with E-state index in [-0.39, 0.29) is 24.5 Å². The van der Waals surface area contributed by atoms with Crippen molar-refractivity contribution in [2.45, 2.75) is 19.4 Å². The zero-order chi connectivity index (χ0) is 20.1. The first kappa shape index (κ1) is 19.6. The van der Waals surface area contributed by atoms with Crippen LogP contribution in [-0.4, -0.2) is 46.6 Å². The first-order valence-corrected chi connectivity index (χ1v) is 9.26. The molecule has 0 bridgehead atoms. The molecule has 6 nitrogen and oxygen atoms in total. The standard InChI is InChI=1S/C22H23NO5/c1-2-28-17-11-9-16(10-12-17)20(25)18-19(15-7-4-3-5-8-15)23(13-6-14-24)22(27)21(18)26/h3-5,7-12,19,24-25H,2,6,13-14H2,1H3/t19-/m0/s1. The second kappa shape index (κ2) is 8.71. The van der Waals surface area contributed by atoms with Crippen molar-refractivity contribution >= 4 is 17.4 Å². The van der Waals surface area contributed by atoms with Crippen molar-refractivity contribution in [2.24, 2.45) is 0 Å². The summed E-state index contributed by atoms with van der Waals surface area (Å²) in [6.07, 6.45) is 0.347. The average Bonchev–Trinajstić information content (AvgIpc) is 2.98. The summed E-state index contributed by atoms with van der Waals surface area (Å²) in [5.41, 5.74) is 1.22. The molecule has 1 fully saturated rings. The van der Waals surface area contributed by atoms with Crippen molar-refractivity contribution in [3.05, 3.63) is 71.3 Å². The number of amides is 1. The van der Waals surface area contributed by atoms with Crippen LogP contribution in [0.15, 0.2) is 60.2 Å². The number of hydrogen-bond donors (Lipinski definition) is 2. The van der Waals surface area contributed by atoms with Crippen LogP contribution >= 0.6 is 0 Å². The Hall–Kier alpha value is -3.12. The van der Waals surface area contributed by atoms with Gasteiger partial charge in [-0.25, -0.2) is 0 Å². The van der Waals surface area contributed by atoms with Gasteiger partial charge in [0.25, 0.3) is 11.7 Å². The molecule has 1 amide bonds. The number of hydrogen-bond acceptors (Lipinski definition) is 5. The quantitative estimate of drug-likeness (QED) is 0.437. The molecular formula is C22H23NO5. The van der Waals surface area contributed by atoms with E-state index in [1.807, 2.05) is 37.3 Å². The molecule has 0 saturated carbocycles. The van der Waals surface area contributed by atoms with Crippen molar-refractivity contribution in [1.29, 1.82) is 0 Å². The number of ketones is 1. The zero-order valence-corrected chi connectivity index (χ0v) is 15.7. The van der Waals surface area contributed by atoms with Gasteiger partial charge in [-0.05, 0) is 43.2 Å². The molecule has 1 aliphatic heterocycles. The van der Waals surface area contributed by atoms with Gasteiger partial charge in [-0.2, -0.15) is 0 Å². The predicted molar refractivity (Wildman–Crippen MR) is 105 cm³/mol. The zero-order valence-electron chi connectivity index (χ0n) is 15.7. The summed E-state index contributed by atoms with van der Waals surface area (Å²) in [7, 11) is 0. The van der Waals surface area contributed by atoms with Crippen molar-refractivity contribution < 1.29 is 24.5 Å². The molecule has 0 aromatic heterocycles. The van der Waals surface area contributed by atoms with Crippen LogP contribution in [0, 0.1) is 0 Å². The van der Waals surface area contributed by atoms with E-state index in [0.29, 0.717) is 24.3 Å². The fourth-order valence-electron chi connectivity index (χ4n) is 3.36. The molecule has 1 saturated heterocycles. The van der Waals surface area contributed by atoms with Gasteiger partial charge in [0.15, 0.2) is 0 Å². The monoisotopic (exact) mass is 381 g/mol. The molecule has 1 atom stereocenters. The molecule has 0 spiro atoms. The number of benzene rings is 2. The summed E-state index contributed by atoms with van der Waals surface area (Å²) < 4.78 is 5.41. The van der Waals surface area contributed by atoms with Crippen LogP contribution in [-0.2, 0) is 9.59 Å². The van der Waals surface area contributed by atoms with Crippen LogP contribution in [0.3, 0.4) is 0 Å². The maximum absolute atomic E-state index is 12.8. The van der Waals surface area contributed by atoms with E-state index in [1.54, 1.807) is 24.3 Å². The maximum Gasteiger partial charge on any atom is 0.295 e. The SMILES string of the molecule is CCOc1ccc(C(O)=C2C(=O)C(=O)N(CCCO)[C@H]2c2ccccc2)cc1. The van der Waals surface area contributed by atoms with Gasteiger partial charge in [0, 0.05) is 18.7 Å². The number of carbonyl (C=O) groups excluding carboxylic acids is 2. The van der Waals surface area contributed by atoms with E-state index in [9.17, 15) is 14.7 Å². The lowest BCUT2D eigenvalue weighted by atomic mass is 9.95.